The SMILES string of the molecule is O=C1NCCN(C2CCCC2)C1CC(=O)N1CCN(Cc2cccs2)CC1. The molecule has 1 N–H and O–H groups in total. The third kappa shape index (κ3) is 4.52. The number of hydrogen-bond donors (Lipinski definition) is 1. The van der Waals surface area contributed by atoms with Crippen molar-refractivity contribution in [2.45, 2.75) is 50.7 Å². The molecule has 6 nitrogen and oxygen atoms in total. The predicted octanol–water partition coefficient (Wildman–Crippen LogP) is 1.53. The van der Waals surface area contributed by atoms with Crippen LogP contribution in [0.3, 0.4) is 0 Å². The highest BCUT2D eigenvalue weighted by Crippen LogP contribution is 2.27. The van der Waals surface area contributed by atoms with E-state index >= 15 is 0 Å². The molecule has 1 aliphatic carbocycles. The van der Waals surface area contributed by atoms with Crippen LogP contribution in [0.4, 0.5) is 0 Å². The molecule has 1 aromatic heterocycles. The van der Waals surface area contributed by atoms with Crippen LogP contribution in [0.2, 0.25) is 0 Å². The molecule has 2 amide bonds. The summed E-state index contributed by atoms with van der Waals surface area (Å²) in [5.74, 6) is 0.175. The summed E-state index contributed by atoms with van der Waals surface area (Å²) in [6, 6.07) is 4.46. The van der Waals surface area contributed by atoms with Gasteiger partial charge in [-0.15, -0.1) is 11.3 Å². The van der Waals surface area contributed by atoms with E-state index in [9.17, 15) is 9.59 Å². The van der Waals surface area contributed by atoms with Gasteiger partial charge in [0.2, 0.25) is 11.8 Å². The van der Waals surface area contributed by atoms with E-state index in [1.165, 1.54) is 30.6 Å². The van der Waals surface area contributed by atoms with Gasteiger partial charge in [-0.2, -0.15) is 0 Å². The van der Waals surface area contributed by atoms with Gasteiger partial charge < -0.3 is 10.2 Å². The van der Waals surface area contributed by atoms with E-state index in [1.807, 2.05) is 4.90 Å². The van der Waals surface area contributed by atoms with E-state index in [0.717, 1.165) is 39.3 Å². The van der Waals surface area contributed by atoms with Gasteiger partial charge in [-0.25, -0.2) is 0 Å². The molecule has 1 atom stereocenters. The molecule has 3 fully saturated rings. The van der Waals surface area contributed by atoms with Gasteiger partial charge >= 0.3 is 0 Å². The molecule has 1 saturated carbocycles. The lowest BCUT2D eigenvalue weighted by molar-refractivity contribution is -0.141. The zero-order valence-electron chi connectivity index (χ0n) is 15.9. The maximum atomic E-state index is 12.9. The summed E-state index contributed by atoms with van der Waals surface area (Å²) in [4.78, 5) is 33.4. The largest absolute Gasteiger partial charge is 0.353 e. The van der Waals surface area contributed by atoms with Gasteiger partial charge in [-0.1, -0.05) is 18.9 Å². The van der Waals surface area contributed by atoms with Crippen LogP contribution in [-0.4, -0.2) is 77.9 Å². The minimum Gasteiger partial charge on any atom is -0.353 e. The van der Waals surface area contributed by atoms with Crippen molar-refractivity contribution in [2.24, 2.45) is 0 Å². The topological polar surface area (TPSA) is 55.9 Å². The lowest BCUT2D eigenvalue weighted by Crippen LogP contribution is -2.59. The molecule has 4 rings (SSSR count). The Morgan fingerprint density at radius 2 is 1.93 bits per heavy atom. The van der Waals surface area contributed by atoms with Crippen LogP contribution in [0.15, 0.2) is 17.5 Å². The highest BCUT2D eigenvalue weighted by Gasteiger charge is 2.37. The van der Waals surface area contributed by atoms with Crippen LogP contribution in [0, 0.1) is 0 Å². The first-order valence-corrected chi connectivity index (χ1v) is 11.1. The van der Waals surface area contributed by atoms with E-state index in [-0.39, 0.29) is 17.9 Å². The molecule has 3 aliphatic rings. The molecule has 2 saturated heterocycles. The zero-order chi connectivity index (χ0) is 18.6. The molecule has 0 bridgehead atoms. The molecule has 27 heavy (non-hydrogen) atoms. The van der Waals surface area contributed by atoms with Crippen LogP contribution in [0.5, 0.6) is 0 Å². The van der Waals surface area contributed by atoms with Gasteiger partial charge in [0.05, 0.1) is 12.5 Å². The van der Waals surface area contributed by atoms with Crippen molar-refractivity contribution >= 4 is 23.2 Å². The van der Waals surface area contributed by atoms with Crippen molar-refractivity contribution < 1.29 is 9.59 Å². The monoisotopic (exact) mass is 390 g/mol. The van der Waals surface area contributed by atoms with Crippen LogP contribution in [-0.2, 0) is 16.1 Å². The average molecular weight is 391 g/mol. The Balaban J connectivity index is 1.30. The first-order chi connectivity index (χ1) is 13.2. The van der Waals surface area contributed by atoms with Gasteiger partial charge in [0, 0.05) is 56.7 Å². The first kappa shape index (κ1) is 18.9. The summed E-state index contributed by atoms with van der Waals surface area (Å²) in [7, 11) is 0. The Labute approximate surface area is 165 Å². The van der Waals surface area contributed by atoms with Crippen molar-refractivity contribution in [3.63, 3.8) is 0 Å². The maximum absolute atomic E-state index is 12.9. The quantitative estimate of drug-likeness (QED) is 0.828. The van der Waals surface area contributed by atoms with Crippen LogP contribution in [0.25, 0.3) is 0 Å². The summed E-state index contributed by atoms with van der Waals surface area (Å²) in [5.41, 5.74) is 0. The van der Waals surface area contributed by atoms with E-state index in [2.05, 4.69) is 32.6 Å². The molecule has 0 aromatic carbocycles. The molecule has 7 heteroatoms. The van der Waals surface area contributed by atoms with Crippen molar-refractivity contribution in [3.05, 3.63) is 22.4 Å². The fourth-order valence-electron chi connectivity index (χ4n) is 4.69. The first-order valence-electron chi connectivity index (χ1n) is 10.3. The number of nitrogens with zero attached hydrogens (tertiary/aromatic N) is 3. The molecular formula is C20H30N4O2S. The third-order valence-electron chi connectivity index (χ3n) is 6.22. The highest BCUT2D eigenvalue weighted by atomic mass is 32.1. The zero-order valence-corrected chi connectivity index (χ0v) is 16.8. The number of nitrogens with one attached hydrogen (secondary N) is 1. The number of carbonyl (C=O) groups is 2. The normalized spacial score (nSPS) is 25.7. The van der Waals surface area contributed by atoms with Gasteiger partial charge in [0.15, 0.2) is 0 Å². The Hall–Kier alpha value is -1.44. The Bertz CT molecular complexity index is 636. The lowest BCUT2D eigenvalue weighted by atomic mass is 10.0. The molecule has 1 unspecified atom stereocenters. The summed E-state index contributed by atoms with van der Waals surface area (Å²) in [6.45, 7) is 5.91. The molecule has 2 aliphatic heterocycles. The van der Waals surface area contributed by atoms with Gasteiger partial charge in [-0.05, 0) is 24.3 Å². The van der Waals surface area contributed by atoms with Crippen LogP contribution >= 0.6 is 11.3 Å². The molecule has 0 radical (unpaired) electrons. The second-order valence-corrected chi connectivity index (χ2v) is 8.96. The Kier molecular flexibility index (Phi) is 6.10. The van der Waals surface area contributed by atoms with Gasteiger partial charge in [0.1, 0.15) is 0 Å². The minimum absolute atomic E-state index is 0.0397. The summed E-state index contributed by atoms with van der Waals surface area (Å²) >= 11 is 1.79. The second-order valence-electron chi connectivity index (χ2n) is 7.92. The molecule has 3 heterocycles. The van der Waals surface area contributed by atoms with Crippen molar-refractivity contribution in [2.75, 3.05) is 39.3 Å². The third-order valence-corrected chi connectivity index (χ3v) is 7.08. The fourth-order valence-corrected chi connectivity index (χ4v) is 5.43. The van der Waals surface area contributed by atoms with Crippen molar-refractivity contribution in [1.82, 2.24) is 20.0 Å². The Morgan fingerprint density at radius 1 is 1.15 bits per heavy atom. The molecular weight excluding hydrogens is 360 g/mol. The highest BCUT2D eigenvalue weighted by molar-refractivity contribution is 7.09. The maximum Gasteiger partial charge on any atom is 0.237 e. The van der Waals surface area contributed by atoms with E-state index in [0.29, 0.717) is 19.0 Å². The van der Waals surface area contributed by atoms with Gasteiger partial charge in [-0.3, -0.25) is 19.4 Å². The van der Waals surface area contributed by atoms with E-state index < -0.39 is 0 Å². The summed E-state index contributed by atoms with van der Waals surface area (Å²) in [5, 5.41) is 5.08. The number of rotatable bonds is 5. The lowest BCUT2D eigenvalue weighted by Gasteiger charge is -2.40. The minimum atomic E-state index is -0.279. The van der Waals surface area contributed by atoms with Gasteiger partial charge in [0.25, 0.3) is 0 Å². The number of amides is 2. The second kappa shape index (κ2) is 8.71. The van der Waals surface area contributed by atoms with Crippen LogP contribution in [0.1, 0.15) is 37.0 Å². The number of thiophene rings is 1. The summed E-state index contributed by atoms with van der Waals surface area (Å²) in [6.07, 6.45) is 5.15. The van der Waals surface area contributed by atoms with E-state index in [4.69, 9.17) is 0 Å². The fraction of sp³-hybridized carbons (Fsp3) is 0.700. The molecule has 0 spiro atoms. The molecule has 1 aromatic rings. The van der Waals surface area contributed by atoms with E-state index in [1.54, 1.807) is 11.3 Å². The number of piperazine rings is 2. The Morgan fingerprint density at radius 3 is 2.63 bits per heavy atom. The number of carbonyl (C=O) groups excluding carboxylic acids is 2. The van der Waals surface area contributed by atoms with Crippen molar-refractivity contribution in [3.8, 4) is 0 Å². The predicted molar refractivity (Wildman–Crippen MR) is 107 cm³/mol. The smallest absolute Gasteiger partial charge is 0.237 e. The van der Waals surface area contributed by atoms with Crippen molar-refractivity contribution in [1.29, 1.82) is 0 Å². The number of hydrogen-bond acceptors (Lipinski definition) is 5. The standard InChI is InChI=1S/C20H30N4O2S/c25-19(23-11-9-22(10-12-23)15-17-6-3-13-27-17)14-18-20(26)21-7-8-24(18)16-4-1-2-5-16/h3,6,13,16,18H,1-2,4-5,7-12,14-15H2,(H,21,26). The van der Waals surface area contributed by atoms with Crippen LogP contribution < -0.4 is 5.32 Å². The summed E-state index contributed by atoms with van der Waals surface area (Å²) < 4.78 is 0. The molecule has 148 valence electrons. The average Bonchev–Trinajstić information content (AvgIpc) is 3.38.